The zero-order valence-corrected chi connectivity index (χ0v) is 20.1. The molecular weight excluding hydrogens is 459 g/mol. The number of methoxy groups -OCH3 is 1. The standard InChI is InChI=1S/C28H21N2O2PS/c1-32-21-16-17-24-27(18-21)34-28(29-24)30-33(31,25-14-6-10-19-8-2-4-12-22(19)25)26-15-7-11-20-9-3-5-13-23(20)26/h2-18H,1H3,(H,29,30,31). The van der Waals surface area contributed by atoms with E-state index in [1.807, 2.05) is 78.9 Å². The van der Waals surface area contributed by atoms with Crippen molar-refractivity contribution < 1.29 is 9.30 Å². The van der Waals surface area contributed by atoms with Crippen LogP contribution in [0.25, 0.3) is 31.8 Å². The summed E-state index contributed by atoms with van der Waals surface area (Å²) in [5.74, 6) is 0.772. The van der Waals surface area contributed by atoms with Crippen molar-refractivity contribution in [2.45, 2.75) is 0 Å². The van der Waals surface area contributed by atoms with E-state index in [0.717, 1.165) is 48.1 Å². The summed E-state index contributed by atoms with van der Waals surface area (Å²) in [5.41, 5.74) is 0.843. The Labute approximate surface area is 201 Å². The van der Waals surface area contributed by atoms with Gasteiger partial charge in [0.25, 0.3) is 0 Å². The Morgan fingerprint density at radius 1 is 0.765 bits per heavy atom. The minimum absolute atomic E-state index is 0.618. The third-order valence-electron chi connectivity index (χ3n) is 6.06. The van der Waals surface area contributed by atoms with E-state index >= 15 is 4.57 Å². The fourth-order valence-corrected chi connectivity index (χ4v) is 8.24. The van der Waals surface area contributed by atoms with Crippen molar-refractivity contribution in [1.29, 1.82) is 0 Å². The molecule has 0 saturated carbocycles. The number of rotatable bonds is 5. The van der Waals surface area contributed by atoms with Crippen LogP contribution in [0, 0.1) is 0 Å². The number of hydrogen-bond donors (Lipinski definition) is 1. The SMILES string of the molecule is COc1ccc2nc(NP(=O)(c3cccc4ccccc34)c3cccc4ccccc34)sc2c1. The van der Waals surface area contributed by atoms with Crippen LogP contribution in [-0.2, 0) is 4.57 Å². The minimum Gasteiger partial charge on any atom is -0.497 e. The molecular formula is C28H21N2O2PS. The number of ether oxygens (including phenoxy) is 1. The molecule has 0 atom stereocenters. The summed E-state index contributed by atoms with van der Waals surface area (Å²) in [5, 5.41) is 9.63. The van der Waals surface area contributed by atoms with Crippen LogP contribution in [0.5, 0.6) is 5.75 Å². The summed E-state index contributed by atoms with van der Waals surface area (Å²) in [4.78, 5) is 4.76. The highest BCUT2D eigenvalue weighted by Crippen LogP contribution is 2.48. The number of nitrogens with one attached hydrogen (secondary N) is 1. The summed E-state index contributed by atoms with van der Waals surface area (Å²) >= 11 is 1.48. The van der Waals surface area contributed by atoms with Gasteiger partial charge in [0.1, 0.15) is 5.75 Å². The maximum Gasteiger partial charge on any atom is 0.230 e. The van der Waals surface area contributed by atoms with Gasteiger partial charge in [-0.2, -0.15) is 0 Å². The normalized spacial score (nSPS) is 11.8. The number of thiazole rings is 1. The first-order valence-electron chi connectivity index (χ1n) is 11.0. The number of fused-ring (bicyclic) bond motifs is 3. The van der Waals surface area contributed by atoms with Gasteiger partial charge in [-0.1, -0.05) is 84.1 Å². The van der Waals surface area contributed by atoms with Crippen LogP contribution >= 0.6 is 18.6 Å². The summed E-state index contributed by atoms with van der Waals surface area (Å²) in [7, 11) is -1.70. The lowest BCUT2D eigenvalue weighted by molar-refractivity contribution is 0.415. The molecule has 0 amide bonds. The van der Waals surface area contributed by atoms with E-state index in [9.17, 15) is 0 Å². The Hall–Kier alpha value is -3.66. The Kier molecular flexibility index (Phi) is 5.09. The van der Waals surface area contributed by atoms with Crippen molar-refractivity contribution in [3.63, 3.8) is 0 Å². The van der Waals surface area contributed by atoms with Crippen molar-refractivity contribution in [3.8, 4) is 5.75 Å². The highest BCUT2D eigenvalue weighted by atomic mass is 32.1. The first-order chi connectivity index (χ1) is 16.7. The number of anilines is 1. The third-order valence-corrected chi connectivity index (χ3v) is 9.81. The molecule has 1 heterocycles. The van der Waals surface area contributed by atoms with Crippen molar-refractivity contribution >= 4 is 66.1 Å². The molecule has 0 radical (unpaired) electrons. The molecule has 0 unspecified atom stereocenters. The molecule has 0 aliphatic heterocycles. The van der Waals surface area contributed by atoms with Crippen molar-refractivity contribution in [3.05, 3.63) is 103 Å². The van der Waals surface area contributed by atoms with E-state index in [1.165, 1.54) is 11.3 Å². The average molecular weight is 481 g/mol. The largest absolute Gasteiger partial charge is 0.497 e. The van der Waals surface area contributed by atoms with Gasteiger partial charge in [-0.3, -0.25) is 4.57 Å². The van der Waals surface area contributed by atoms with Gasteiger partial charge in [-0.25, -0.2) is 4.98 Å². The van der Waals surface area contributed by atoms with Gasteiger partial charge in [0.05, 0.1) is 17.3 Å². The fourth-order valence-electron chi connectivity index (χ4n) is 4.43. The van der Waals surface area contributed by atoms with Crippen LogP contribution in [0.1, 0.15) is 0 Å². The highest BCUT2D eigenvalue weighted by Gasteiger charge is 2.32. The highest BCUT2D eigenvalue weighted by molar-refractivity contribution is 7.81. The number of hydrogen-bond acceptors (Lipinski definition) is 4. The molecule has 1 N–H and O–H groups in total. The molecule has 0 aliphatic carbocycles. The van der Waals surface area contributed by atoms with Crippen molar-refractivity contribution in [2.24, 2.45) is 0 Å². The molecule has 5 aromatic carbocycles. The second kappa shape index (κ2) is 8.28. The molecule has 6 aromatic rings. The zero-order chi connectivity index (χ0) is 23.1. The van der Waals surface area contributed by atoms with Gasteiger partial charge >= 0.3 is 0 Å². The van der Waals surface area contributed by atoms with Crippen LogP contribution in [0.3, 0.4) is 0 Å². The zero-order valence-electron chi connectivity index (χ0n) is 18.4. The number of benzene rings is 5. The Balaban J connectivity index is 1.61. The Bertz CT molecular complexity index is 1630. The van der Waals surface area contributed by atoms with E-state index in [-0.39, 0.29) is 0 Å². The van der Waals surface area contributed by atoms with E-state index in [4.69, 9.17) is 9.72 Å². The van der Waals surface area contributed by atoms with Gasteiger partial charge in [0.15, 0.2) is 5.13 Å². The first kappa shape index (κ1) is 20.9. The summed E-state index contributed by atoms with van der Waals surface area (Å²) in [6.45, 7) is 0. The molecule has 166 valence electrons. The Morgan fingerprint density at radius 3 is 1.97 bits per heavy atom. The third kappa shape index (κ3) is 3.45. The molecule has 0 spiro atoms. The Morgan fingerprint density at radius 2 is 1.35 bits per heavy atom. The lowest BCUT2D eigenvalue weighted by Crippen LogP contribution is -2.23. The quantitative estimate of drug-likeness (QED) is 0.271. The minimum atomic E-state index is -3.34. The molecule has 6 heteroatoms. The van der Waals surface area contributed by atoms with E-state index in [0.29, 0.717) is 5.13 Å². The van der Waals surface area contributed by atoms with E-state index < -0.39 is 7.29 Å². The predicted octanol–water partition coefficient (Wildman–Crippen LogP) is 6.95. The van der Waals surface area contributed by atoms with E-state index in [1.54, 1.807) is 7.11 Å². The van der Waals surface area contributed by atoms with Gasteiger partial charge in [-0.05, 0) is 51.9 Å². The molecule has 0 bridgehead atoms. The van der Waals surface area contributed by atoms with Gasteiger partial charge in [0, 0.05) is 10.6 Å². The molecule has 1 aromatic heterocycles. The number of nitrogens with zero attached hydrogens (tertiary/aromatic N) is 1. The molecule has 0 fully saturated rings. The van der Waals surface area contributed by atoms with Gasteiger partial charge in [-0.15, -0.1) is 0 Å². The second-order valence-corrected chi connectivity index (χ2v) is 11.5. The molecule has 34 heavy (non-hydrogen) atoms. The monoisotopic (exact) mass is 480 g/mol. The predicted molar refractivity (Wildman–Crippen MR) is 145 cm³/mol. The fraction of sp³-hybridized carbons (Fsp3) is 0.0357. The molecule has 0 aliphatic rings. The average Bonchev–Trinajstić information content (AvgIpc) is 3.29. The van der Waals surface area contributed by atoms with Crippen LogP contribution in [0.2, 0.25) is 0 Å². The summed E-state index contributed by atoms with van der Waals surface area (Å²) < 4.78 is 21.6. The van der Waals surface area contributed by atoms with Gasteiger partial charge in [0.2, 0.25) is 7.29 Å². The number of aromatic nitrogens is 1. The first-order valence-corrected chi connectivity index (χ1v) is 13.5. The molecule has 0 saturated heterocycles. The van der Waals surface area contributed by atoms with Crippen LogP contribution < -0.4 is 20.4 Å². The van der Waals surface area contributed by atoms with E-state index in [2.05, 4.69) is 29.4 Å². The van der Waals surface area contributed by atoms with Crippen molar-refractivity contribution in [1.82, 2.24) is 4.98 Å². The summed E-state index contributed by atoms with van der Waals surface area (Å²) in [6, 6.07) is 33.9. The van der Waals surface area contributed by atoms with Gasteiger partial charge < -0.3 is 9.82 Å². The second-order valence-electron chi connectivity index (χ2n) is 8.07. The van der Waals surface area contributed by atoms with Crippen molar-refractivity contribution in [2.75, 3.05) is 12.2 Å². The van der Waals surface area contributed by atoms with Crippen LogP contribution in [-0.4, -0.2) is 12.1 Å². The lowest BCUT2D eigenvalue weighted by atomic mass is 10.1. The smallest absolute Gasteiger partial charge is 0.230 e. The molecule has 4 nitrogen and oxygen atoms in total. The van der Waals surface area contributed by atoms with Crippen LogP contribution in [0.4, 0.5) is 5.13 Å². The summed E-state index contributed by atoms with van der Waals surface area (Å²) in [6.07, 6.45) is 0. The molecule has 6 rings (SSSR count). The maximum atomic E-state index is 15.2. The topological polar surface area (TPSA) is 51.2 Å². The van der Waals surface area contributed by atoms with Crippen LogP contribution in [0.15, 0.2) is 103 Å². The maximum absolute atomic E-state index is 15.2. The lowest BCUT2D eigenvalue weighted by Gasteiger charge is -2.23.